The highest BCUT2D eigenvalue weighted by Gasteiger charge is 2.36. The Morgan fingerprint density at radius 1 is 1.03 bits per heavy atom. The van der Waals surface area contributed by atoms with Crippen molar-refractivity contribution in [3.63, 3.8) is 0 Å². The predicted octanol–water partition coefficient (Wildman–Crippen LogP) is 3.45. The van der Waals surface area contributed by atoms with Gasteiger partial charge in [0.1, 0.15) is 17.6 Å². The highest BCUT2D eigenvalue weighted by atomic mass is 32.1. The third-order valence-corrected chi connectivity index (χ3v) is 7.46. The summed E-state index contributed by atoms with van der Waals surface area (Å²) in [5.41, 5.74) is 2.44. The van der Waals surface area contributed by atoms with Gasteiger partial charge in [0, 0.05) is 57.2 Å². The van der Waals surface area contributed by atoms with Gasteiger partial charge in [-0.1, -0.05) is 42.5 Å². The Labute approximate surface area is 205 Å². The molecule has 0 N–H and O–H groups in total. The Balaban J connectivity index is 1.18. The second-order valence-electron chi connectivity index (χ2n) is 8.96. The van der Waals surface area contributed by atoms with Gasteiger partial charge in [0.25, 0.3) is 0 Å². The van der Waals surface area contributed by atoms with Crippen molar-refractivity contribution in [3.05, 3.63) is 71.5 Å². The summed E-state index contributed by atoms with van der Waals surface area (Å²) in [4.78, 5) is 24.9. The Kier molecular flexibility index (Phi) is 7.06. The van der Waals surface area contributed by atoms with E-state index in [2.05, 4.69) is 44.5 Å². The average Bonchev–Trinajstić information content (AvgIpc) is 3.54. The third-order valence-electron chi connectivity index (χ3n) is 6.67. The fraction of sp³-hybridized carbons (Fsp3) is 0.423. The number of methoxy groups -OCH3 is 1. The largest absolute Gasteiger partial charge is 0.497 e. The van der Waals surface area contributed by atoms with Crippen LogP contribution in [-0.2, 0) is 17.8 Å². The molecule has 0 aliphatic carbocycles. The molecule has 0 radical (unpaired) electrons. The van der Waals surface area contributed by atoms with Gasteiger partial charge in [-0.05, 0) is 36.1 Å². The van der Waals surface area contributed by atoms with Crippen molar-refractivity contribution < 1.29 is 9.53 Å². The van der Waals surface area contributed by atoms with Gasteiger partial charge in [-0.15, -0.1) is 0 Å². The zero-order valence-corrected chi connectivity index (χ0v) is 20.4. The fourth-order valence-electron chi connectivity index (χ4n) is 4.83. The molecule has 2 saturated heterocycles. The van der Waals surface area contributed by atoms with Crippen LogP contribution in [0.3, 0.4) is 0 Å². The molecule has 1 unspecified atom stereocenters. The number of aromatic nitrogens is 2. The van der Waals surface area contributed by atoms with Gasteiger partial charge in [-0.2, -0.15) is 4.37 Å². The summed E-state index contributed by atoms with van der Waals surface area (Å²) >= 11 is 1.40. The predicted molar refractivity (Wildman–Crippen MR) is 134 cm³/mol. The molecule has 0 spiro atoms. The average molecular weight is 478 g/mol. The van der Waals surface area contributed by atoms with Gasteiger partial charge in [0.15, 0.2) is 0 Å². The standard InChI is InChI=1S/C26H31N5O2S/c1-33-22-10-5-9-21(17-22)18-24-27-26(34-28-24)31-12-6-11-23(31)25(32)30-15-13-29(14-16-30)19-20-7-3-2-4-8-20/h2-5,7-10,17,23H,6,11-16,18-19H2,1H3. The number of ether oxygens (including phenoxy) is 1. The van der Waals surface area contributed by atoms with Crippen LogP contribution in [0.15, 0.2) is 54.6 Å². The minimum absolute atomic E-state index is 0.127. The fourth-order valence-corrected chi connectivity index (χ4v) is 5.59. The maximum atomic E-state index is 13.4. The summed E-state index contributed by atoms with van der Waals surface area (Å²) in [5, 5.41) is 0.858. The molecule has 2 fully saturated rings. The summed E-state index contributed by atoms with van der Waals surface area (Å²) in [6, 6.07) is 18.4. The lowest BCUT2D eigenvalue weighted by Gasteiger charge is -2.37. The number of rotatable bonds is 7. The molecule has 7 nitrogen and oxygen atoms in total. The van der Waals surface area contributed by atoms with E-state index >= 15 is 0 Å². The normalized spacial score (nSPS) is 18.9. The van der Waals surface area contributed by atoms with Gasteiger partial charge >= 0.3 is 0 Å². The Hall–Kier alpha value is -2.97. The molecule has 178 valence electrons. The van der Waals surface area contributed by atoms with Crippen LogP contribution in [0.2, 0.25) is 0 Å². The summed E-state index contributed by atoms with van der Waals surface area (Å²) in [6.45, 7) is 5.20. The Bertz CT molecular complexity index is 1100. The van der Waals surface area contributed by atoms with E-state index in [4.69, 9.17) is 9.72 Å². The number of hydrogen-bond donors (Lipinski definition) is 0. The van der Waals surface area contributed by atoms with Crippen molar-refractivity contribution in [2.45, 2.75) is 31.8 Å². The quantitative estimate of drug-likeness (QED) is 0.520. The molecular formula is C26H31N5O2S. The molecular weight excluding hydrogens is 446 g/mol. The van der Waals surface area contributed by atoms with E-state index in [1.165, 1.54) is 17.1 Å². The molecule has 2 aliphatic rings. The van der Waals surface area contributed by atoms with E-state index in [1.54, 1.807) is 7.11 Å². The van der Waals surface area contributed by atoms with Crippen LogP contribution in [0.25, 0.3) is 0 Å². The summed E-state index contributed by atoms with van der Waals surface area (Å²) < 4.78 is 9.91. The van der Waals surface area contributed by atoms with Crippen molar-refractivity contribution in [3.8, 4) is 5.75 Å². The summed E-state index contributed by atoms with van der Waals surface area (Å²) in [5.74, 6) is 1.87. The van der Waals surface area contributed by atoms with Crippen molar-refractivity contribution in [2.75, 3.05) is 44.7 Å². The molecule has 1 aromatic heterocycles. The van der Waals surface area contributed by atoms with Crippen LogP contribution in [-0.4, -0.2) is 70.9 Å². The molecule has 5 rings (SSSR count). The molecule has 8 heteroatoms. The minimum atomic E-state index is -0.127. The second-order valence-corrected chi connectivity index (χ2v) is 9.69. The maximum Gasteiger partial charge on any atom is 0.245 e. The number of hydrogen-bond acceptors (Lipinski definition) is 7. The smallest absolute Gasteiger partial charge is 0.245 e. The maximum absolute atomic E-state index is 13.4. The van der Waals surface area contributed by atoms with Crippen molar-refractivity contribution in [2.24, 2.45) is 0 Å². The van der Waals surface area contributed by atoms with Crippen LogP contribution >= 0.6 is 11.5 Å². The lowest BCUT2D eigenvalue weighted by atomic mass is 10.1. The summed E-state index contributed by atoms with van der Waals surface area (Å²) in [6.07, 6.45) is 2.55. The number of amides is 1. The number of nitrogens with zero attached hydrogens (tertiary/aromatic N) is 5. The number of anilines is 1. The second kappa shape index (κ2) is 10.5. The lowest BCUT2D eigenvalue weighted by Crippen LogP contribution is -2.53. The highest BCUT2D eigenvalue weighted by Crippen LogP contribution is 2.29. The number of carbonyl (C=O) groups is 1. The van der Waals surface area contributed by atoms with E-state index in [9.17, 15) is 4.79 Å². The number of carbonyl (C=O) groups excluding carboxylic acids is 1. The number of benzene rings is 2. The van der Waals surface area contributed by atoms with E-state index in [0.717, 1.165) is 74.4 Å². The monoisotopic (exact) mass is 477 g/mol. The molecule has 0 saturated carbocycles. The Morgan fingerprint density at radius 2 is 1.82 bits per heavy atom. The SMILES string of the molecule is COc1cccc(Cc2nsc(N3CCCC3C(=O)N3CCN(Cc4ccccc4)CC3)n2)c1. The van der Waals surface area contributed by atoms with E-state index in [0.29, 0.717) is 6.42 Å². The van der Waals surface area contributed by atoms with E-state index in [1.807, 2.05) is 29.2 Å². The summed E-state index contributed by atoms with van der Waals surface area (Å²) in [7, 11) is 1.67. The zero-order valence-electron chi connectivity index (χ0n) is 19.6. The van der Waals surface area contributed by atoms with Crippen LogP contribution in [0.4, 0.5) is 5.13 Å². The van der Waals surface area contributed by atoms with Crippen LogP contribution in [0, 0.1) is 0 Å². The van der Waals surface area contributed by atoms with Gasteiger partial charge in [-0.25, -0.2) is 4.98 Å². The van der Waals surface area contributed by atoms with Gasteiger partial charge in [-0.3, -0.25) is 9.69 Å². The minimum Gasteiger partial charge on any atom is -0.497 e. The van der Waals surface area contributed by atoms with Crippen LogP contribution in [0.5, 0.6) is 5.75 Å². The Morgan fingerprint density at radius 3 is 2.62 bits per heavy atom. The molecule has 3 aromatic rings. The van der Waals surface area contributed by atoms with Gasteiger partial charge < -0.3 is 14.5 Å². The van der Waals surface area contributed by atoms with E-state index in [-0.39, 0.29) is 11.9 Å². The molecule has 1 atom stereocenters. The highest BCUT2D eigenvalue weighted by molar-refractivity contribution is 7.09. The first-order valence-electron chi connectivity index (χ1n) is 12.0. The first kappa shape index (κ1) is 22.8. The lowest BCUT2D eigenvalue weighted by molar-refractivity contribution is -0.134. The number of piperazine rings is 1. The van der Waals surface area contributed by atoms with Crippen LogP contribution < -0.4 is 9.64 Å². The molecule has 3 heterocycles. The molecule has 1 amide bonds. The molecule has 2 aliphatic heterocycles. The molecule has 34 heavy (non-hydrogen) atoms. The first-order valence-corrected chi connectivity index (χ1v) is 12.7. The van der Waals surface area contributed by atoms with Gasteiger partial charge in [0.05, 0.1) is 7.11 Å². The van der Waals surface area contributed by atoms with Crippen molar-refractivity contribution in [1.82, 2.24) is 19.2 Å². The van der Waals surface area contributed by atoms with E-state index < -0.39 is 0 Å². The molecule has 0 bridgehead atoms. The zero-order chi connectivity index (χ0) is 23.3. The molecule has 2 aromatic carbocycles. The topological polar surface area (TPSA) is 61.8 Å². The van der Waals surface area contributed by atoms with Crippen molar-refractivity contribution in [1.29, 1.82) is 0 Å². The van der Waals surface area contributed by atoms with Crippen LogP contribution in [0.1, 0.15) is 29.8 Å². The van der Waals surface area contributed by atoms with Crippen molar-refractivity contribution >= 4 is 22.6 Å². The third kappa shape index (κ3) is 5.23. The van der Waals surface area contributed by atoms with Gasteiger partial charge in [0.2, 0.25) is 11.0 Å². The first-order chi connectivity index (χ1) is 16.7.